The molecule has 1 unspecified atom stereocenters. The van der Waals surface area contributed by atoms with E-state index in [1.165, 1.54) is 51.4 Å². The lowest BCUT2D eigenvalue weighted by Gasteiger charge is -2.19. The molecule has 0 saturated heterocycles. The van der Waals surface area contributed by atoms with Crippen molar-refractivity contribution in [3.8, 4) is 0 Å². The number of hydrogen-bond donors (Lipinski definition) is 0. The van der Waals surface area contributed by atoms with Gasteiger partial charge in [0.2, 0.25) is 0 Å². The van der Waals surface area contributed by atoms with E-state index in [1.807, 2.05) is 0 Å². The molecule has 4 heteroatoms. The van der Waals surface area contributed by atoms with Crippen molar-refractivity contribution >= 4 is 11.9 Å². The van der Waals surface area contributed by atoms with Gasteiger partial charge in [-0.25, -0.2) is 0 Å². The minimum Gasteiger partial charge on any atom is -0.466 e. The maximum atomic E-state index is 12.5. The Balaban J connectivity index is 3.64. The van der Waals surface area contributed by atoms with Crippen molar-refractivity contribution in [1.82, 2.24) is 0 Å². The average molecular weight is 497 g/mol. The maximum absolute atomic E-state index is 12.5. The third kappa shape index (κ3) is 23.1. The van der Waals surface area contributed by atoms with Gasteiger partial charge in [-0.2, -0.15) is 0 Å². The molecule has 35 heavy (non-hydrogen) atoms. The number of ether oxygens (including phenoxy) is 2. The van der Waals surface area contributed by atoms with E-state index < -0.39 is 0 Å². The maximum Gasteiger partial charge on any atom is 0.309 e. The van der Waals surface area contributed by atoms with Crippen molar-refractivity contribution in [3.63, 3.8) is 0 Å². The van der Waals surface area contributed by atoms with Crippen molar-refractivity contribution in [3.05, 3.63) is 0 Å². The van der Waals surface area contributed by atoms with Crippen molar-refractivity contribution < 1.29 is 19.1 Å². The van der Waals surface area contributed by atoms with Crippen molar-refractivity contribution in [2.24, 2.45) is 23.7 Å². The summed E-state index contributed by atoms with van der Waals surface area (Å²) in [6, 6.07) is 0. The van der Waals surface area contributed by atoms with E-state index in [4.69, 9.17) is 9.47 Å². The minimum atomic E-state index is -0.0315. The fraction of sp³-hybridized carbons (Fsp3) is 0.935. The number of carbonyl (C=O) groups is 2. The Morgan fingerprint density at radius 2 is 0.943 bits per heavy atom. The van der Waals surface area contributed by atoms with E-state index in [2.05, 4.69) is 41.5 Å². The van der Waals surface area contributed by atoms with Gasteiger partial charge in [-0.1, -0.05) is 119 Å². The van der Waals surface area contributed by atoms with Crippen molar-refractivity contribution in [1.29, 1.82) is 0 Å². The summed E-state index contributed by atoms with van der Waals surface area (Å²) >= 11 is 0. The quantitative estimate of drug-likeness (QED) is 0.0986. The zero-order chi connectivity index (χ0) is 26.3. The highest BCUT2D eigenvalue weighted by Crippen LogP contribution is 2.22. The molecule has 0 aromatic carbocycles. The average Bonchev–Trinajstić information content (AvgIpc) is 2.78. The Kier molecular flexibility index (Phi) is 22.6. The van der Waals surface area contributed by atoms with Gasteiger partial charge in [-0.3, -0.25) is 9.59 Å². The van der Waals surface area contributed by atoms with Gasteiger partial charge in [0.25, 0.3) is 0 Å². The first-order valence-electron chi connectivity index (χ1n) is 15.1. The lowest BCUT2D eigenvalue weighted by atomic mass is 9.90. The number of carbonyl (C=O) groups excluding carboxylic acids is 2. The fourth-order valence-corrected chi connectivity index (χ4v) is 4.44. The molecule has 0 rings (SSSR count). The largest absolute Gasteiger partial charge is 0.466 e. The van der Waals surface area contributed by atoms with Crippen molar-refractivity contribution in [2.45, 2.75) is 151 Å². The van der Waals surface area contributed by atoms with E-state index in [0.717, 1.165) is 63.2 Å². The van der Waals surface area contributed by atoms with Crippen LogP contribution in [0.3, 0.4) is 0 Å². The van der Waals surface area contributed by atoms with Crippen molar-refractivity contribution in [2.75, 3.05) is 13.2 Å². The van der Waals surface area contributed by atoms with Crippen LogP contribution in [0.1, 0.15) is 151 Å². The number of rotatable bonds is 24. The molecular weight excluding hydrogens is 436 g/mol. The second kappa shape index (κ2) is 23.3. The summed E-state index contributed by atoms with van der Waals surface area (Å²) in [7, 11) is 0. The number of esters is 2. The Morgan fingerprint density at radius 3 is 1.46 bits per heavy atom. The molecule has 0 aromatic rings. The van der Waals surface area contributed by atoms with E-state index in [9.17, 15) is 9.59 Å². The van der Waals surface area contributed by atoms with Crippen LogP contribution in [0.25, 0.3) is 0 Å². The van der Waals surface area contributed by atoms with Gasteiger partial charge < -0.3 is 9.47 Å². The number of unbranched alkanes of at least 4 members (excludes halogenated alkanes) is 10. The van der Waals surface area contributed by atoms with Crippen LogP contribution < -0.4 is 0 Å². The summed E-state index contributed by atoms with van der Waals surface area (Å²) in [5, 5.41) is 0. The first-order valence-corrected chi connectivity index (χ1v) is 15.1. The number of hydrogen-bond acceptors (Lipinski definition) is 4. The molecule has 0 aliphatic carbocycles. The molecular formula is C31H60O4. The minimum absolute atomic E-state index is 0.00584. The summed E-state index contributed by atoms with van der Waals surface area (Å²) in [6.45, 7) is 14.4. The Morgan fingerprint density at radius 1 is 0.514 bits per heavy atom. The van der Waals surface area contributed by atoms with Gasteiger partial charge in [-0.05, 0) is 43.4 Å². The molecule has 0 fully saturated rings. The van der Waals surface area contributed by atoms with E-state index >= 15 is 0 Å². The SMILES string of the molecule is CC(C)CCCCCOC(=O)CCCCCCCCCC(C(=O)OCCCCCC(C)C)C(C)C. The van der Waals surface area contributed by atoms with Gasteiger partial charge in [-0.15, -0.1) is 0 Å². The summed E-state index contributed by atoms with van der Waals surface area (Å²) in [5.41, 5.74) is 0. The standard InChI is InChI=1S/C31H60O4/c1-26(2)20-14-12-18-24-34-30(32)23-17-11-9-7-8-10-16-22-29(28(5)6)31(33)35-25-19-13-15-21-27(3)4/h26-29H,7-25H2,1-6H3. The zero-order valence-electron chi connectivity index (χ0n) is 24.4. The molecule has 0 N–H and O–H groups in total. The molecule has 0 saturated carbocycles. The summed E-state index contributed by atoms with van der Waals surface area (Å²) in [4.78, 5) is 24.3. The van der Waals surface area contributed by atoms with Crippen LogP contribution in [0.2, 0.25) is 0 Å². The fourth-order valence-electron chi connectivity index (χ4n) is 4.44. The molecule has 1 atom stereocenters. The second-order valence-electron chi connectivity index (χ2n) is 11.7. The van der Waals surface area contributed by atoms with Crippen LogP contribution in [-0.2, 0) is 19.1 Å². The third-order valence-electron chi connectivity index (χ3n) is 6.86. The van der Waals surface area contributed by atoms with Gasteiger partial charge in [0.1, 0.15) is 0 Å². The zero-order valence-corrected chi connectivity index (χ0v) is 24.4. The van der Waals surface area contributed by atoms with E-state index in [-0.39, 0.29) is 17.9 Å². The Bertz CT molecular complexity index is 498. The van der Waals surface area contributed by atoms with Gasteiger partial charge in [0.05, 0.1) is 19.1 Å². The van der Waals surface area contributed by atoms with Gasteiger partial charge in [0, 0.05) is 6.42 Å². The molecule has 208 valence electrons. The van der Waals surface area contributed by atoms with Crippen LogP contribution in [0, 0.1) is 23.7 Å². The van der Waals surface area contributed by atoms with E-state index in [0.29, 0.717) is 25.6 Å². The molecule has 0 bridgehead atoms. The molecule has 0 aromatic heterocycles. The molecule has 0 amide bonds. The highest BCUT2D eigenvalue weighted by Gasteiger charge is 2.23. The van der Waals surface area contributed by atoms with Crippen LogP contribution >= 0.6 is 0 Å². The monoisotopic (exact) mass is 496 g/mol. The highest BCUT2D eigenvalue weighted by molar-refractivity contribution is 5.72. The second-order valence-corrected chi connectivity index (χ2v) is 11.7. The molecule has 0 spiro atoms. The molecule has 4 nitrogen and oxygen atoms in total. The summed E-state index contributed by atoms with van der Waals surface area (Å²) < 4.78 is 10.9. The van der Waals surface area contributed by atoms with Gasteiger partial charge in [0.15, 0.2) is 0 Å². The lowest BCUT2D eigenvalue weighted by Crippen LogP contribution is -2.23. The van der Waals surface area contributed by atoms with E-state index in [1.54, 1.807) is 0 Å². The molecule has 0 radical (unpaired) electrons. The first kappa shape index (κ1) is 33.9. The topological polar surface area (TPSA) is 52.6 Å². The smallest absolute Gasteiger partial charge is 0.309 e. The molecule has 0 aliphatic heterocycles. The molecule has 0 aliphatic rings. The van der Waals surface area contributed by atoms with Crippen LogP contribution in [0.5, 0.6) is 0 Å². The van der Waals surface area contributed by atoms with Gasteiger partial charge >= 0.3 is 11.9 Å². The Labute approximate surface area is 218 Å². The third-order valence-corrected chi connectivity index (χ3v) is 6.86. The predicted octanol–water partition coefficient (Wildman–Crippen LogP) is 9.29. The predicted molar refractivity (Wildman–Crippen MR) is 148 cm³/mol. The summed E-state index contributed by atoms with van der Waals surface area (Å²) in [5.74, 6) is 1.86. The lowest BCUT2D eigenvalue weighted by molar-refractivity contribution is -0.150. The highest BCUT2D eigenvalue weighted by atomic mass is 16.5. The van der Waals surface area contributed by atoms with Crippen LogP contribution in [-0.4, -0.2) is 25.2 Å². The Hall–Kier alpha value is -1.06. The molecule has 0 heterocycles. The summed E-state index contributed by atoms with van der Waals surface area (Å²) in [6.07, 6.45) is 18.6. The van der Waals surface area contributed by atoms with Crippen LogP contribution in [0.15, 0.2) is 0 Å². The normalized spacial score (nSPS) is 12.5. The van der Waals surface area contributed by atoms with Crippen LogP contribution in [0.4, 0.5) is 0 Å². The first-order chi connectivity index (χ1) is 16.7.